The summed E-state index contributed by atoms with van der Waals surface area (Å²) in [6, 6.07) is 10.8. The van der Waals surface area contributed by atoms with Crippen LogP contribution in [-0.4, -0.2) is 209 Å². The van der Waals surface area contributed by atoms with Gasteiger partial charge in [-0.25, -0.2) is 9.59 Å². The largest absolute Gasteiger partial charge is 0.504 e. The van der Waals surface area contributed by atoms with Crippen LogP contribution in [0.1, 0.15) is 16.7 Å². The highest BCUT2D eigenvalue weighted by Crippen LogP contribution is 2.42. The third-order valence-corrected chi connectivity index (χ3v) is 12.1. The molecule has 0 radical (unpaired) electrons. The van der Waals surface area contributed by atoms with Crippen LogP contribution in [0.3, 0.4) is 0 Å². The molecule has 0 aliphatic carbocycles. The maximum atomic E-state index is 13.7. The summed E-state index contributed by atoms with van der Waals surface area (Å²) in [6.45, 7) is -2.25. The molecule has 16 atom stereocenters. The molecule has 3 aromatic carbocycles. The number of aliphatic hydroxyl groups excluding tert-OH is 10. The first-order chi connectivity index (χ1) is 33.8. The van der Waals surface area contributed by atoms with Crippen molar-refractivity contribution in [2.75, 3.05) is 31.8 Å². The molecule has 0 unspecified atom stereocenters. The first-order valence-electron chi connectivity index (χ1n) is 21.9. The Bertz CT molecular complexity index is 2410. The van der Waals surface area contributed by atoms with Gasteiger partial charge in [-0.05, 0) is 59.2 Å². The van der Waals surface area contributed by atoms with Crippen LogP contribution in [0.25, 0.3) is 12.2 Å². The van der Waals surface area contributed by atoms with Gasteiger partial charge in [0.1, 0.15) is 78.9 Å². The van der Waals surface area contributed by atoms with E-state index in [2.05, 4.69) is 0 Å². The molecule has 4 aliphatic heterocycles. The minimum Gasteiger partial charge on any atom is -0.504 e. The zero-order valence-electron chi connectivity index (χ0n) is 37.3. The Kier molecular flexibility index (Phi) is 16.8. The van der Waals surface area contributed by atoms with E-state index in [-0.39, 0.29) is 34.9 Å². The van der Waals surface area contributed by atoms with Gasteiger partial charge in [0.15, 0.2) is 35.4 Å². The van der Waals surface area contributed by atoms with Crippen LogP contribution in [0.15, 0.2) is 66.7 Å². The molecular weight excluding hydrogens is 950 g/mol. The van der Waals surface area contributed by atoms with Crippen LogP contribution in [0.2, 0.25) is 0 Å². The molecule has 1 amide bonds. The fourth-order valence-corrected chi connectivity index (χ4v) is 8.14. The van der Waals surface area contributed by atoms with Crippen molar-refractivity contribution < 1.29 is 119 Å². The first kappa shape index (κ1) is 52.8. The summed E-state index contributed by atoms with van der Waals surface area (Å²) >= 11 is 0. The molecule has 25 heteroatoms. The van der Waals surface area contributed by atoms with Gasteiger partial charge in [0.2, 0.25) is 12.6 Å². The topological polar surface area (TPSA) is 391 Å². The highest BCUT2D eigenvalue weighted by atomic mass is 16.7. The van der Waals surface area contributed by atoms with Gasteiger partial charge < -0.3 is 104 Å². The average molecular weight is 1000 g/mol. The number of aromatic hydroxyl groups is 2. The predicted octanol–water partition coefficient (Wildman–Crippen LogP) is -3.39. The molecule has 3 fully saturated rings. The number of nitrogens with zero attached hydrogens (tertiary/aromatic N) is 1. The third-order valence-electron chi connectivity index (χ3n) is 12.1. The normalized spacial score (nSPS) is 32.9. The number of rotatable bonds is 16. The monoisotopic (exact) mass is 1000 g/mol. The summed E-state index contributed by atoms with van der Waals surface area (Å²) < 4.78 is 44.2. The summed E-state index contributed by atoms with van der Waals surface area (Å²) in [4.78, 5) is 40.0. The number of carbonyl (C=O) groups excluding carboxylic acids is 2. The van der Waals surface area contributed by atoms with Crippen LogP contribution in [0, 0.1) is 0 Å². The Hall–Kier alpha value is -6.01. The van der Waals surface area contributed by atoms with Crippen molar-refractivity contribution >= 4 is 35.7 Å². The fourth-order valence-electron chi connectivity index (χ4n) is 8.14. The minimum atomic E-state index is -2.01. The number of fused-ring (bicyclic) bond motifs is 1. The lowest BCUT2D eigenvalue weighted by molar-refractivity contribution is -0.324. The Balaban J connectivity index is 1.03. The Labute approximate surface area is 402 Å². The molecule has 4 aliphatic rings. The van der Waals surface area contributed by atoms with Crippen molar-refractivity contribution in [1.82, 2.24) is 0 Å². The van der Waals surface area contributed by atoms with Crippen LogP contribution in [0.4, 0.5) is 5.69 Å². The molecule has 0 bridgehead atoms. The maximum absolute atomic E-state index is 13.7. The second-order valence-electron chi connectivity index (χ2n) is 16.8. The maximum Gasteiger partial charge on any atom is 0.331 e. The molecule has 0 spiro atoms. The number of esters is 1. The van der Waals surface area contributed by atoms with Crippen molar-refractivity contribution in [2.45, 2.75) is 105 Å². The number of hydrogen-bond acceptors (Lipinski definition) is 23. The number of aliphatic carboxylic acids is 1. The number of anilines is 1. The van der Waals surface area contributed by atoms with Crippen LogP contribution in [0.5, 0.6) is 28.7 Å². The number of phenolic OH excluding ortho intramolecular Hbond substituents is 2. The Morgan fingerprint density at radius 1 is 0.648 bits per heavy atom. The van der Waals surface area contributed by atoms with Crippen molar-refractivity contribution in [1.29, 1.82) is 0 Å². The summed E-state index contributed by atoms with van der Waals surface area (Å²) in [7, 11) is 1.32. The first-order valence-corrected chi connectivity index (χ1v) is 21.9. The van der Waals surface area contributed by atoms with E-state index in [1.807, 2.05) is 0 Å². The van der Waals surface area contributed by atoms with Crippen molar-refractivity contribution in [3.63, 3.8) is 0 Å². The molecule has 4 heterocycles. The second-order valence-corrected chi connectivity index (χ2v) is 16.8. The van der Waals surface area contributed by atoms with Crippen molar-refractivity contribution in [3.05, 3.63) is 83.4 Å². The lowest BCUT2D eigenvalue weighted by Crippen LogP contribution is -2.62. The van der Waals surface area contributed by atoms with E-state index < -0.39 is 147 Å². The highest BCUT2D eigenvalue weighted by Gasteiger charge is 2.50. The van der Waals surface area contributed by atoms with Crippen molar-refractivity contribution in [2.24, 2.45) is 0 Å². The van der Waals surface area contributed by atoms with Gasteiger partial charge in [0, 0.05) is 24.6 Å². The van der Waals surface area contributed by atoms with Gasteiger partial charge in [0.05, 0.1) is 32.6 Å². The molecule has 3 aromatic rings. The molecule has 71 heavy (non-hydrogen) atoms. The zero-order valence-corrected chi connectivity index (χ0v) is 37.3. The van der Waals surface area contributed by atoms with Crippen LogP contribution in [-0.2, 0) is 44.5 Å². The number of carboxylic acids is 1. The molecule has 386 valence electrons. The molecule has 7 rings (SSSR count). The molecule has 3 saturated heterocycles. The number of amides is 1. The van der Waals surface area contributed by atoms with Gasteiger partial charge in [-0.3, -0.25) is 9.69 Å². The smallest absolute Gasteiger partial charge is 0.331 e. The number of carbonyl (C=O) groups is 3. The van der Waals surface area contributed by atoms with E-state index in [4.69, 9.17) is 37.9 Å². The van der Waals surface area contributed by atoms with E-state index in [1.165, 1.54) is 61.7 Å². The predicted molar refractivity (Wildman–Crippen MR) is 235 cm³/mol. The summed E-state index contributed by atoms with van der Waals surface area (Å²) in [5.41, 5.74) is 0.993. The number of carboxylic acid groups (broad SMARTS) is 1. The van der Waals surface area contributed by atoms with Crippen LogP contribution < -0.4 is 19.1 Å². The molecular formula is C46H53NO24. The molecule has 13 N–H and O–H groups in total. The summed E-state index contributed by atoms with van der Waals surface area (Å²) in [6.07, 6.45) is -21.2. The Morgan fingerprint density at radius 3 is 1.86 bits per heavy atom. The van der Waals surface area contributed by atoms with E-state index in [1.54, 1.807) is 0 Å². The molecule has 25 nitrogen and oxygen atoms in total. The van der Waals surface area contributed by atoms with Gasteiger partial charge in [-0.15, -0.1) is 0 Å². The third kappa shape index (κ3) is 11.5. The SMILES string of the molecule is COc1cc(/C=C/C(=O)O[C@H]2[C@H](OC[C@H]3O[C@@H](Oc4cc5c(cc4O)C[C@@H](C(=O)O)N5C(=O)/C=C/c4ccc(O[C@@H]5O[C@H](CO)[C@@H](O)[C@H](O)[C@H]5O)cc4)[C@H](O)[C@@H](O)[C@@H]3O)O[C@H](CO)[C@@H](O)[C@@H]2O)ccc1O. The number of hydrogen-bond donors (Lipinski definition) is 13. The number of phenols is 2. The average Bonchev–Trinajstić information content (AvgIpc) is 3.73. The van der Waals surface area contributed by atoms with E-state index in [9.17, 15) is 80.8 Å². The zero-order chi connectivity index (χ0) is 51.4. The quantitative estimate of drug-likeness (QED) is 0.0491. The van der Waals surface area contributed by atoms with Gasteiger partial charge in [0.25, 0.3) is 5.91 Å². The van der Waals surface area contributed by atoms with Gasteiger partial charge in [-0.2, -0.15) is 0 Å². The summed E-state index contributed by atoms with van der Waals surface area (Å²) in [5, 5.41) is 135. The minimum absolute atomic E-state index is 0.0271. The van der Waals surface area contributed by atoms with Crippen molar-refractivity contribution in [3.8, 4) is 28.7 Å². The fraction of sp³-hybridized carbons (Fsp3) is 0.457. The Morgan fingerprint density at radius 2 is 1.23 bits per heavy atom. The van der Waals surface area contributed by atoms with Gasteiger partial charge in [-0.1, -0.05) is 18.2 Å². The van der Waals surface area contributed by atoms with Crippen LogP contribution >= 0.6 is 0 Å². The highest BCUT2D eigenvalue weighted by molar-refractivity contribution is 6.09. The lowest BCUT2D eigenvalue weighted by Gasteiger charge is -2.43. The standard InChI is InChI=1S/C46H53NO24/c1-64-27-12-20(4-9-25(27)50)6-11-33(53)71-42-39(59)35(55)30(17-49)69-46(42)65-18-31-36(56)38(58)41(61)45(70-31)67-28-15-23-21(14-26(28)51)13-24(43(62)63)47(23)32(52)10-5-19-2-7-22(8-3-19)66-44-40(60)37(57)34(54)29(16-48)68-44/h2-12,14-15,24,29-31,34-42,44-46,48-51,54-61H,13,16-18H2,1H3,(H,62,63)/b10-5+,11-6+/t24-,29+,30+,31+,34+,35+,36+,37-,38-,39-,40+,41+,42+,44+,45+,46+/m0/s1. The molecule has 0 aromatic heterocycles. The second kappa shape index (κ2) is 22.6. The number of aliphatic hydroxyl groups is 10. The van der Waals surface area contributed by atoms with E-state index in [0.717, 1.165) is 29.2 Å². The number of methoxy groups -OCH3 is 1. The number of ether oxygens (including phenoxy) is 8. The van der Waals surface area contributed by atoms with E-state index in [0.29, 0.717) is 11.1 Å². The summed E-state index contributed by atoms with van der Waals surface area (Å²) in [5.74, 6) is -4.28. The van der Waals surface area contributed by atoms with Gasteiger partial charge >= 0.3 is 11.9 Å². The lowest BCUT2D eigenvalue weighted by atomic mass is 9.98. The molecule has 0 saturated carbocycles. The number of benzene rings is 3. The van der Waals surface area contributed by atoms with E-state index >= 15 is 0 Å².